The second-order valence-corrected chi connectivity index (χ2v) is 11.1. The summed E-state index contributed by atoms with van der Waals surface area (Å²) in [4.78, 5) is 7.79. The molecule has 0 fully saturated rings. The molecule has 4 rings (SSSR count). The van der Waals surface area contributed by atoms with Gasteiger partial charge in [0.1, 0.15) is 0 Å². The molecule has 0 unspecified atom stereocenters. The third-order valence-corrected chi connectivity index (χ3v) is 7.67. The second-order valence-electron chi connectivity index (χ2n) is 11.1. The summed E-state index contributed by atoms with van der Waals surface area (Å²) in [6.07, 6.45) is 1.02. The SMILES string of the molecule is NCCCN(CCN(CCN(CCNCc1ccccc1)Cc1ccccc1)Cc1ccccc1)Cc1ccccc1. The van der Waals surface area contributed by atoms with E-state index in [0.717, 1.165) is 85.0 Å². The minimum atomic E-state index is 0.728. The molecule has 4 aromatic rings. The van der Waals surface area contributed by atoms with E-state index in [9.17, 15) is 0 Å². The van der Waals surface area contributed by atoms with Crippen LogP contribution in [0, 0.1) is 0 Å². The zero-order valence-electron chi connectivity index (χ0n) is 25.2. The zero-order valence-corrected chi connectivity index (χ0v) is 25.2. The number of rotatable bonds is 20. The van der Waals surface area contributed by atoms with Crippen molar-refractivity contribution >= 4 is 0 Å². The fourth-order valence-corrected chi connectivity index (χ4v) is 5.28. The molecule has 0 saturated carbocycles. The number of hydrogen-bond donors (Lipinski definition) is 2. The molecule has 0 aromatic heterocycles. The first-order valence-corrected chi connectivity index (χ1v) is 15.5. The summed E-state index contributed by atoms with van der Waals surface area (Å²) < 4.78 is 0. The van der Waals surface area contributed by atoms with Gasteiger partial charge in [0.2, 0.25) is 0 Å². The molecule has 222 valence electrons. The Morgan fingerprint density at radius 1 is 0.429 bits per heavy atom. The van der Waals surface area contributed by atoms with E-state index in [-0.39, 0.29) is 0 Å². The number of nitrogens with zero attached hydrogens (tertiary/aromatic N) is 3. The van der Waals surface area contributed by atoms with E-state index in [4.69, 9.17) is 5.73 Å². The summed E-state index contributed by atoms with van der Waals surface area (Å²) in [6, 6.07) is 43.2. The fourth-order valence-electron chi connectivity index (χ4n) is 5.28. The van der Waals surface area contributed by atoms with Gasteiger partial charge in [-0.25, -0.2) is 0 Å². The van der Waals surface area contributed by atoms with Crippen molar-refractivity contribution in [3.05, 3.63) is 144 Å². The van der Waals surface area contributed by atoms with Gasteiger partial charge in [0, 0.05) is 65.4 Å². The molecule has 5 nitrogen and oxygen atoms in total. The van der Waals surface area contributed by atoms with Crippen LogP contribution in [-0.2, 0) is 26.2 Å². The highest BCUT2D eigenvalue weighted by molar-refractivity contribution is 5.17. The van der Waals surface area contributed by atoms with Gasteiger partial charge < -0.3 is 11.1 Å². The predicted molar refractivity (Wildman–Crippen MR) is 177 cm³/mol. The largest absolute Gasteiger partial charge is 0.330 e. The van der Waals surface area contributed by atoms with Crippen molar-refractivity contribution in [2.24, 2.45) is 5.73 Å². The summed E-state index contributed by atoms with van der Waals surface area (Å²) in [5.41, 5.74) is 11.3. The van der Waals surface area contributed by atoms with Crippen LogP contribution in [0.1, 0.15) is 28.7 Å². The van der Waals surface area contributed by atoms with Gasteiger partial charge in [-0.2, -0.15) is 0 Å². The van der Waals surface area contributed by atoms with Crippen molar-refractivity contribution < 1.29 is 0 Å². The van der Waals surface area contributed by atoms with E-state index in [1.54, 1.807) is 0 Å². The molecule has 0 atom stereocenters. The number of nitrogens with two attached hydrogens (primary N) is 1. The highest BCUT2D eigenvalue weighted by atomic mass is 15.2. The summed E-state index contributed by atoms with van der Waals surface area (Å²) in [6.45, 7) is 11.6. The van der Waals surface area contributed by atoms with E-state index in [2.05, 4.69) is 141 Å². The lowest BCUT2D eigenvalue weighted by Gasteiger charge is -2.30. The predicted octanol–water partition coefficient (Wildman–Crippen LogP) is 5.63. The molecule has 0 amide bonds. The van der Waals surface area contributed by atoms with E-state index < -0.39 is 0 Å². The first-order chi connectivity index (χ1) is 20.8. The summed E-state index contributed by atoms with van der Waals surface area (Å²) in [7, 11) is 0. The van der Waals surface area contributed by atoms with Crippen molar-refractivity contribution in [1.82, 2.24) is 20.0 Å². The smallest absolute Gasteiger partial charge is 0.0234 e. The van der Waals surface area contributed by atoms with Crippen LogP contribution in [0.2, 0.25) is 0 Å². The first kappa shape index (κ1) is 31.6. The summed E-state index contributed by atoms with van der Waals surface area (Å²) in [5, 5.41) is 3.66. The van der Waals surface area contributed by atoms with Crippen molar-refractivity contribution in [2.75, 3.05) is 52.4 Å². The monoisotopic (exact) mass is 563 g/mol. The van der Waals surface area contributed by atoms with E-state index in [1.807, 2.05) is 0 Å². The molecular formula is C37H49N5. The Balaban J connectivity index is 1.38. The maximum atomic E-state index is 5.91. The lowest BCUT2D eigenvalue weighted by Crippen LogP contribution is -2.41. The quantitative estimate of drug-likeness (QED) is 0.137. The number of benzene rings is 4. The topological polar surface area (TPSA) is 47.8 Å². The van der Waals surface area contributed by atoms with Gasteiger partial charge in [0.25, 0.3) is 0 Å². The molecule has 0 radical (unpaired) electrons. The average molecular weight is 564 g/mol. The Bertz CT molecular complexity index is 1200. The molecule has 0 saturated heterocycles. The first-order valence-electron chi connectivity index (χ1n) is 15.5. The maximum Gasteiger partial charge on any atom is 0.0234 e. The minimum absolute atomic E-state index is 0.728. The normalized spacial score (nSPS) is 11.5. The molecule has 0 aliphatic heterocycles. The highest BCUT2D eigenvalue weighted by Gasteiger charge is 2.14. The molecule has 0 aliphatic carbocycles. The van der Waals surface area contributed by atoms with Gasteiger partial charge in [-0.3, -0.25) is 14.7 Å². The third kappa shape index (κ3) is 12.3. The van der Waals surface area contributed by atoms with Crippen LogP contribution >= 0.6 is 0 Å². The van der Waals surface area contributed by atoms with Gasteiger partial charge in [0.15, 0.2) is 0 Å². The lowest BCUT2D eigenvalue weighted by molar-refractivity contribution is 0.164. The van der Waals surface area contributed by atoms with Crippen molar-refractivity contribution in [2.45, 2.75) is 32.6 Å². The molecular weight excluding hydrogens is 514 g/mol. The Hall–Kier alpha value is -3.32. The number of hydrogen-bond acceptors (Lipinski definition) is 5. The molecule has 0 aliphatic rings. The van der Waals surface area contributed by atoms with Gasteiger partial charge in [-0.05, 0) is 41.8 Å². The Kier molecular flexibility index (Phi) is 14.3. The zero-order chi connectivity index (χ0) is 29.1. The summed E-state index contributed by atoms with van der Waals surface area (Å²) >= 11 is 0. The van der Waals surface area contributed by atoms with E-state index >= 15 is 0 Å². The summed E-state index contributed by atoms with van der Waals surface area (Å²) in [5.74, 6) is 0. The maximum absolute atomic E-state index is 5.91. The van der Waals surface area contributed by atoms with Crippen LogP contribution < -0.4 is 11.1 Å². The molecule has 0 bridgehead atoms. The van der Waals surface area contributed by atoms with Gasteiger partial charge in [-0.1, -0.05) is 121 Å². The Morgan fingerprint density at radius 2 is 0.786 bits per heavy atom. The van der Waals surface area contributed by atoms with Crippen molar-refractivity contribution in [3.63, 3.8) is 0 Å². The highest BCUT2D eigenvalue weighted by Crippen LogP contribution is 2.10. The molecule has 42 heavy (non-hydrogen) atoms. The third-order valence-electron chi connectivity index (χ3n) is 7.67. The van der Waals surface area contributed by atoms with E-state index in [1.165, 1.54) is 22.3 Å². The minimum Gasteiger partial charge on any atom is -0.330 e. The molecule has 0 spiro atoms. The van der Waals surface area contributed by atoms with Crippen LogP contribution in [-0.4, -0.2) is 67.1 Å². The van der Waals surface area contributed by atoms with Gasteiger partial charge in [0.05, 0.1) is 0 Å². The second kappa shape index (κ2) is 19.0. The van der Waals surface area contributed by atoms with Crippen LogP contribution in [0.15, 0.2) is 121 Å². The van der Waals surface area contributed by atoms with Crippen molar-refractivity contribution in [1.29, 1.82) is 0 Å². The van der Waals surface area contributed by atoms with Crippen LogP contribution in [0.5, 0.6) is 0 Å². The Morgan fingerprint density at radius 3 is 1.19 bits per heavy atom. The van der Waals surface area contributed by atoms with Gasteiger partial charge >= 0.3 is 0 Å². The molecule has 0 heterocycles. The van der Waals surface area contributed by atoms with E-state index in [0.29, 0.717) is 0 Å². The lowest BCUT2D eigenvalue weighted by atomic mass is 10.2. The van der Waals surface area contributed by atoms with Crippen LogP contribution in [0.3, 0.4) is 0 Å². The average Bonchev–Trinajstić information content (AvgIpc) is 3.04. The fraction of sp³-hybridized carbons (Fsp3) is 0.351. The molecule has 3 N–H and O–H groups in total. The molecule has 5 heteroatoms. The van der Waals surface area contributed by atoms with Crippen LogP contribution in [0.4, 0.5) is 0 Å². The standard InChI is InChI=1S/C37H49N5/c38-22-13-24-40(31-35-16-7-2-8-17-35)26-28-42(33-37-20-11-4-12-21-37)29-27-41(32-36-18-9-3-10-19-36)25-23-39-30-34-14-5-1-6-15-34/h1-12,14-21,39H,13,22-33,38H2. The molecule has 4 aromatic carbocycles. The van der Waals surface area contributed by atoms with Gasteiger partial charge in [-0.15, -0.1) is 0 Å². The van der Waals surface area contributed by atoms with Crippen LogP contribution in [0.25, 0.3) is 0 Å². The number of nitrogens with one attached hydrogen (secondary N) is 1. The van der Waals surface area contributed by atoms with Crippen molar-refractivity contribution in [3.8, 4) is 0 Å². The Labute approximate surface area is 254 Å².